The summed E-state index contributed by atoms with van der Waals surface area (Å²) in [4.78, 5) is 0. The molecule has 3 aliphatic rings. The summed E-state index contributed by atoms with van der Waals surface area (Å²) < 4.78 is 39.0. The molecule has 0 radical (unpaired) electrons. The normalized spacial score (nSPS) is 36.4. The van der Waals surface area contributed by atoms with Crippen LogP contribution < -0.4 is 4.74 Å². The zero-order valence-electron chi connectivity index (χ0n) is 16.3. The van der Waals surface area contributed by atoms with Gasteiger partial charge in [-0.05, 0) is 26.2 Å². The van der Waals surface area contributed by atoms with Gasteiger partial charge in [0.25, 0.3) is 8.53 Å². The summed E-state index contributed by atoms with van der Waals surface area (Å²) in [6.07, 6.45) is -2.35. The average molecular weight is 417 g/mol. The first kappa shape index (κ1) is 19.4. The van der Waals surface area contributed by atoms with E-state index in [1.165, 1.54) is 0 Å². The Morgan fingerprint density at radius 1 is 0.862 bits per heavy atom. The van der Waals surface area contributed by atoms with Crippen LogP contribution >= 0.6 is 8.53 Å². The molecule has 2 aromatic carbocycles. The quantitative estimate of drug-likeness (QED) is 0.706. The summed E-state index contributed by atoms with van der Waals surface area (Å²) in [6, 6.07) is 19.5. The Kier molecular flexibility index (Phi) is 5.54. The van der Waals surface area contributed by atoms with Crippen molar-refractivity contribution >= 4 is 8.53 Å². The lowest BCUT2D eigenvalue weighted by atomic mass is 9.98. The van der Waals surface area contributed by atoms with Gasteiger partial charge < -0.3 is 28.0 Å². The van der Waals surface area contributed by atoms with Crippen LogP contribution in [0.3, 0.4) is 0 Å². The number of rotatable bonds is 4. The zero-order chi connectivity index (χ0) is 19.8. The maximum Gasteiger partial charge on any atom is 0.259 e. The fraction of sp³-hybridized carbons (Fsp3) is 0.429. The van der Waals surface area contributed by atoms with E-state index in [1.54, 1.807) is 0 Å². The Morgan fingerprint density at radius 3 is 2.28 bits per heavy atom. The van der Waals surface area contributed by atoms with Gasteiger partial charge in [0, 0.05) is 5.56 Å². The van der Waals surface area contributed by atoms with Crippen LogP contribution in [-0.4, -0.2) is 56.1 Å². The molecule has 3 aliphatic heterocycles. The van der Waals surface area contributed by atoms with Crippen molar-refractivity contribution < 1.29 is 28.0 Å². The van der Waals surface area contributed by atoms with Crippen molar-refractivity contribution in [1.82, 2.24) is 4.67 Å². The number of nitrogens with zero attached hydrogens (tertiary/aromatic N) is 1. The van der Waals surface area contributed by atoms with E-state index >= 15 is 0 Å². The van der Waals surface area contributed by atoms with Gasteiger partial charge in [0.05, 0.1) is 6.61 Å². The minimum absolute atomic E-state index is 0.300. The van der Waals surface area contributed by atoms with Crippen molar-refractivity contribution in [1.29, 1.82) is 0 Å². The molecule has 7 nitrogen and oxygen atoms in total. The Balaban J connectivity index is 1.38. The van der Waals surface area contributed by atoms with Gasteiger partial charge in [0.2, 0.25) is 6.29 Å². The molecule has 0 aliphatic carbocycles. The third kappa shape index (κ3) is 3.92. The molecule has 2 aromatic rings. The number of ether oxygens (including phenoxy) is 4. The van der Waals surface area contributed by atoms with Crippen LogP contribution in [0.1, 0.15) is 11.9 Å². The number of benzene rings is 2. The second kappa shape index (κ2) is 8.28. The molecule has 8 heteroatoms. The summed E-state index contributed by atoms with van der Waals surface area (Å²) in [7, 11) is 2.67. The first-order valence-electron chi connectivity index (χ1n) is 9.69. The standard InChI is InChI=1S/C21H24NO6P/c1-22(2)29-27-18-17-16(13-23-20(26-17)14-9-5-3-6-10-14)25-21(19(18)28-29)24-15-11-7-4-8-12-15/h3-12,16-21H,13H2,1-2H3/t16?,17-,18-,19-,20?,21?,29?/m0/s1. The molecule has 0 bridgehead atoms. The van der Waals surface area contributed by atoms with Crippen LogP contribution in [0, 0.1) is 0 Å². The third-order valence-corrected chi connectivity index (χ3v) is 6.60. The minimum atomic E-state index is -1.20. The fourth-order valence-corrected chi connectivity index (χ4v) is 5.01. The molecular weight excluding hydrogens is 393 g/mol. The van der Waals surface area contributed by atoms with Gasteiger partial charge in [0.1, 0.15) is 24.1 Å². The van der Waals surface area contributed by atoms with Crippen LogP contribution in [0.15, 0.2) is 60.7 Å². The monoisotopic (exact) mass is 417 g/mol. The lowest BCUT2D eigenvalue weighted by molar-refractivity contribution is -0.335. The van der Waals surface area contributed by atoms with Gasteiger partial charge in [0.15, 0.2) is 12.4 Å². The topological polar surface area (TPSA) is 58.6 Å². The van der Waals surface area contributed by atoms with E-state index in [4.69, 9.17) is 28.0 Å². The molecule has 7 atom stereocenters. The predicted octanol–water partition coefficient (Wildman–Crippen LogP) is 3.48. The summed E-state index contributed by atoms with van der Waals surface area (Å²) >= 11 is 0. The van der Waals surface area contributed by atoms with E-state index in [1.807, 2.05) is 79.4 Å². The molecule has 154 valence electrons. The third-order valence-electron chi connectivity index (χ3n) is 5.10. The highest BCUT2D eigenvalue weighted by atomic mass is 31.2. The van der Waals surface area contributed by atoms with Crippen molar-refractivity contribution in [2.24, 2.45) is 0 Å². The lowest BCUT2D eigenvalue weighted by Crippen LogP contribution is -2.61. The Bertz CT molecular complexity index is 809. The molecule has 5 rings (SSSR count). The van der Waals surface area contributed by atoms with E-state index in [0.29, 0.717) is 6.61 Å². The lowest BCUT2D eigenvalue weighted by Gasteiger charge is -2.45. The number of para-hydroxylation sites is 1. The van der Waals surface area contributed by atoms with Gasteiger partial charge >= 0.3 is 0 Å². The molecule has 0 saturated carbocycles. The summed E-state index contributed by atoms with van der Waals surface area (Å²) in [5.74, 6) is 0.721. The molecule has 0 N–H and O–H groups in total. The SMILES string of the molecule is CN(C)P1O[C@@H]2[C@H](O1)C(Oc1ccccc1)OC1COC(c3ccccc3)O[C@@H]12. The van der Waals surface area contributed by atoms with E-state index in [-0.39, 0.29) is 24.4 Å². The second-order valence-corrected chi connectivity index (χ2v) is 9.07. The molecule has 3 heterocycles. The highest BCUT2D eigenvalue weighted by molar-refractivity contribution is 7.44. The molecule has 3 fully saturated rings. The molecule has 3 saturated heterocycles. The van der Waals surface area contributed by atoms with Gasteiger partial charge in [-0.1, -0.05) is 48.5 Å². The van der Waals surface area contributed by atoms with Gasteiger partial charge in [-0.15, -0.1) is 0 Å². The van der Waals surface area contributed by atoms with Gasteiger partial charge in [-0.3, -0.25) is 0 Å². The highest BCUT2D eigenvalue weighted by Gasteiger charge is 2.57. The van der Waals surface area contributed by atoms with Gasteiger partial charge in [-0.25, -0.2) is 4.67 Å². The van der Waals surface area contributed by atoms with Crippen LogP contribution in [-0.2, 0) is 23.3 Å². The smallest absolute Gasteiger partial charge is 0.259 e. The number of fused-ring (bicyclic) bond motifs is 3. The van der Waals surface area contributed by atoms with E-state index in [0.717, 1.165) is 11.3 Å². The van der Waals surface area contributed by atoms with Crippen LogP contribution in [0.4, 0.5) is 0 Å². The Hall–Kier alpha value is -1.57. The fourth-order valence-electron chi connectivity index (χ4n) is 3.71. The van der Waals surface area contributed by atoms with Gasteiger partial charge in [-0.2, -0.15) is 0 Å². The molecule has 29 heavy (non-hydrogen) atoms. The van der Waals surface area contributed by atoms with Crippen molar-refractivity contribution in [3.8, 4) is 5.75 Å². The molecule has 4 unspecified atom stereocenters. The van der Waals surface area contributed by atoms with Crippen molar-refractivity contribution in [3.05, 3.63) is 66.2 Å². The van der Waals surface area contributed by atoms with Crippen LogP contribution in [0.5, 0.6) is 5.75 Å². The number of hydrogen-bond acceptors (Lipinski definition) is 7. The summed E-state index contributed by atoms with van der Waals surface area (Å²) in [6.45, 7) is 0.394. The second-order valence-electron chi connectivity index (χ2n) is 7.38. The summed E-state index contributed by atoms with van der Waals surface area (Å²) in [5.41, 5.74) is 0.971. The molecule has 0 spiro atoms. The van der Waals surface area contributed by atoms with Crippen molar-refractivity contribution in [2.45, 2.75) is 37.0 Å². The van der Waals surface area contributed by atoms with Crippen molar-refractivity contribution in [3.63, 3.8) is 0 Å². The highest BCUT2D eigenvalue weighted by Crippen LogP contribution is 2.54. The van der Waals surface area contributed by atoms with Crippen LogP contribution in [0.25, 0.3) is 0 Å². The zero-order valence-corrected chi connectivity index (χ0v) is 17.2. The average Bonchev–Trinajstić information content (AvgIpc) is 3.22. The van der Waals surface area contributed by atoms with E-state index in [2.05, 4.69) is 0 Å². The first-order chi connectivity index (χ1) is 14.2. The molecule has 0 amide bonds. The van der Waals surface area contributed by atoms with E-state index in [9.17, 15) is 0 Å². The van der Waals surface area contributed by atoms with E-state index < -0.39 is 21.1 Å². The Labute approximate surface area is 171 Å². The maximum atomic E-state index is 6.30. The maximum absolute atomic E-state index is 6.30. The largest absolute Gasteiger partial charge is 0.462 e. The molecule has 0 aromatic heterocycles. The predicted molar refractivity (Wildman–Crippen MR) is 106 cm³/mol. The van der Waals surface area contributed by atoms with Crippen molar-refractivity contribution in [2.75, 3.05) is 20.7 Å². The minimum Gasteiger partial charge on any atom is -0.462 e. The summed E-state index contributed by atoms with van der Waals surface area (Å²) in [5, 5.41) is 0. The van der Waals surface area contributed by atoms with Crippen LogP contribution in [0.2, 0.25) is 0 Å². The molecular formula is C21H24NO6P. The Morgan fingerprint density at radius 2 is 1.55 bits per heavy atom. The number of hydrogen-bond donors (Lipinski definition) is 0. The first-order valence-corrected chi connectivity index (χ1v) is 10.8.